The number of carbonyl (C=O) groups excluding carboxylic acids is 1. The van der Waals surface area contributed by atoms with Gasteiger partial charge in [0.2, 0.25) is 0 Å². The average Bonchev–Trinajstić information content (AvgIpc) is 3.18. The lowest BCUT2D eigenvalue weighted by Gasteiger charge is -2.11. The lowest BCUT2D eigenvalue weighted by atomic mass is 10.1. The monoisotopic (exact) mass is 310 g/mol. The third-order valence-electron chi connectivity index (χ3n) is 4.56. The van der Waals surface area contributed by atoms with E-state index >= 15 is 0 Å². The number of aryl methyl sites for hydroxylation is 2. The summed E-state index contributed by atoms with van der Waals surface area (Å²) in [7, 11) is 0. The topological polar surface area (TPSA) is 71.2 Å². The second kappa shape index (κ2) is 5.57. The molecule has 5 heteroatoms. The first kappa shape index (κ1) is 14.1. The summed E-state index contributed by atoms with van der Waals surface area (Å²) in [4.78, 5) is 27.3. The fraction of sp³-hybridized carbons (Fsp3) is 0.333. The minimum Gasteiger partial charge on any atom is -0.480 e. The summed E-state index contributed by atoms with van der Waals surface area (Å²) in [5.41, 5.74) is 3.78. The number of pyridine rings is 1. The van der Waals surface area contributed by atoms with Gasteiger partial charge in [0.15, 0.2) is 6.10 Å². The van der Waals surface area contributed by atoms with Crippen LogP contribution in [0.2, 0.25) is 0 Å². The summed E-state index contributed by atoms with van der Waals surface area (Å²) in [6, 6.07) is 9.59. The van der Waals surface area contributed by atoms with Gasteiger partial charge in [-0.1, -0.05) is 18.2 Å². The highest BCUT2D eigenvalue weighted by Crippen LogP contribution is 2.28. The Bertz CT molecular complexity index is 800. The number of hydrogen-bond donors (Lipinski definition) is 2. The molecule has 1 unspecified atom stereocenters. The van der Waals surface area contributed by atoms with E-state index in [1.54, 1.807) is 0 Å². The Morgan fingerprint density at radius 1 is 1.26 bits per heavy atom. The van der Waals surface area contributed by atoms with Gasteiger partial charge in [-0.15, -0.1) is 0 Å². The first-order valence-electron chi connectivity index (χ1n) is 7.97. The van der Waals surface area contributed by atoms with E-state index in [1.165, 1.54) is 5.56 Å². The van der Waals surface area contributed by atoms with E-state index in [1.807, 2.05) is 30.3 Å². The molecule has 2 aromatic rings. The first-order chi connectivity index (χ1) is 11.2. The van der Waals surface area contributed by atoms with Crippen molar-refractivity contribution in [2.45, 2.75) is 38.3 Å². The SMILES string of the molecule is O=C(NCc1cc2c([nH]c1=O)CCC2)C1Cc2ccccc2O1. The van der Waals surface area contributed by atoms with Crippen LogP contribution in [0.15, 0.2) is 35.1 Å². The zero-order valence-electron chi connectivity index (χ0n) is 12.7. The van der Waals surface area contributed by atoms with Crippen LogP contribution in [-0.2, 0) is 30.6 Å². The fourth-order valence-electron chi connectivity index (χ4n) is 3.32. The highest BCUT2D eigenvalue weighted by atomic mass is 16.5. The minimum atomic E-state index is -0.513. The fourth-order valence-corrected chi connectivity index (χ4v) is 3.32. The summed E-state index contributed by atoms with van der Waals surface area (Å²) in [5.74, 6) is 0.587. The molecule has 0 radical (unpaired) electrons. The summed E-state index contributed by atoms with van der Waals surface area (Å²) in [5, 5.41) is 2.82. The van der Waals surface area contributed by atoms with Crippen molar-refractivity contribution in [3.05, 3.63) is 63.1 Å². The van der Waals surface area contributed by atoms with Gasteiger partial charge in [-0.2, -0.15) is 0 Å². The lowest BCUT2D eigenvalue weighted by molar-refractivity contribution is -0.127. The molecule has 2 heterocycles. The van der Waals surface area contributed by atoms with Crippen molar-refractivity contribution in [3.8, 4) is 5.75 Å². The van der Waals surface area contributed by atoms with Gasteiger partial charge < -0.3 is 15.0 Å². The highest BCUT2D eigenvalue weighted by Gasteiger charge is 2.28. The summed E-state index contributed by atoms with van der Waals surface area (Å²) in [6.07, 6.45) is 3.07. The van der Waals surface area contributed by atoms with Crippen LogP contribution < -0.4 is 15.6 Å². The van der Waals surface area contributed by atoms with Crippen molar-refractivity contribution in [1.29, 1.82) is 0 Å². The van der Waals surface area contributed by atoms with Gasteiger partial charge >= 0.3 is 0 Å². The van der Waals surface area contributed by atoms with Gasteiger partial charge in [0, 0.05) is 24.2 Å². The quantitative estimate of drug-likeness (QED) is 0.902. The Balaban J connectivity index is 1.42. The third kappa shape index (κ3) is 2.63. The molecular formula is C18H18N2O3. The number of fused-ring (bicyclic) bond motifs is 2. The van der Waals surface area contributed by atoms with Crippen LogP contribution in [0.4, 0.5) is 0 Å². The van der Waals surface area contributed by atoms with E-state index in [9.17, 15) is 9.59 Å². The van der Waals surface area contributed by atoms with E-state index in [0.29, 0.717) is 12.0 Å². The predicted octanol–water partition coefficient (Wildman–Crippen LogP) is 1.48. The van der Waals surface area contributed by atoms with Gasteiger partial charge in [0.1, 0.15) is 5.75 Å². The van der Waals surface area contributed by atoms with Gasteiger partial charge in [-0.25, -0.2) is 0 Å². The van der Waals surface area contributed by atoms with Crippen molar-refractivity contribution in [1.82, 2.24) is 10.3 Å². The number of ether oxygens (including phenoxy) is 1. The Kier molecular flexibility index (Phi) is 3.41. The van der Waals surface area contributed by atoms with Crippen molar-refractivity contribution < 1.29 is 9.53 Å². The van der Waals surface area contributed by atoms with Crippen LogP contribution >= 0.6 is 0 Å². The van der Waals surface area contributed by atoms with Crippen molar-refractivity contribution in [2.75, 3.05) is 0 Å². The number of nitrogens with one attached hydrogen (secondary N) is 2. The lowest BCUT2D eigenvalue weighted by Crippen LogP contribution is -2.38. The molecule has 1 aliphatic carbocycles. The maximum absolute atomic E-state index is 12.3. The maximum atomic E-state index is 12.3. The molecule has 0 saturated carbocycles. The summed E-state index contributed by atoms with van der Waals surface area (Å²) in [6.45, 7) is 0.234. The smallest absolute Gasteiger partial charge is 0.261 e. The molecular weight excluding hydrogens is 292 g/mol. The number of H-pyrrole nitrogens is 1. The van der Waals surface area contributed by atoms with Crippen LogP contribution in [0.1, 0.15) is 28.8 Å². The Morgan fingerprint density at radius 3 is 3.00 bits per heavy atom. The molecule has 0 saturated heterocycles. The number of rotatable bonds is 3. The molecule has 1 aliphatic heterocycles. The second-order valence-electron chi connectivity index (χ2n) is 6.12. The maximum Gasteiger partial charge on any atom is 0.261 e. The molecule has 1 aromatic heterocycles. The van der Waals surface area contributed by atoms with E-state index in [4.69, 9.17) is 4.74 Å². The van der Waals surface area contributed by atoms with Gasteiger partial charge in [0.25, 0.3) is 11.5 Å². The van der Waals surface area contributed by atoms with Crippen LogP contribution in [0.3, 0.4) is 0 Å². The van der Waals surface area contributed by atoms with Crippen LogP contribution in [0.25, 0.3) is 0 Å². The van der Waals surface area contributed by atoms with Gasteiger partial charge in [0.05, 0.1) is 0 Å². The molecule has 1 aromatic carbocycles. The minimum absolute atomic E-state index is 0.110. The number of amides is 1. The van der Waals surface area contributed by atoms with Crippen molar-refractivity contribution >= 4 is 5.91 Å². The number of carbonyl (C=O) groups is 1. The largest absolute Gasteiger partial charge is 0.480 e. The van der Waals surface area contributed by atoms with Crippen LogP contribution in [0, 0.1) is 0 Å². The number of benzene rings is 1. The van der Waals surface area contributed by atoms with E-state index in [2.05, 4.69) is 10.3 Å². The zero-order chi connectivity index (χ0) is 15.8. The number of hydrogen-bond acceptors (Lipinski definition) is 3. The van der Waals surface area contributed by atoms with Gasteiger partial charge in [-0.05, 0) is 42.5 Å². The molecule has 1 amide bonds. The molecule has 2 aliphatic rings. The Morgan fingerprint density at radius 2 is 2.13 bits per heavy atom. The van der Waals surface area contributed by atoms with E-state index in [-0.39, 0.29) is 18.0 Å². The average molecular weight is 310 g/mol. The molecule has 0 fully saturated rings. The third-order valence-corrected chi connectivity index (χ3v) is 4.56. The normalized spacial score (nSPS) is 18.2. The Hall–Kier alpha value is -2.56. The van der Waals surface area contributed by atoms with E-state index < -0.39 is 6.10 Å². The second-order valence-corrected chi connectivity index (χ2v) is 6.12. The number of para-hydroxylation sites is 1. The molecule has 118 valence electrons. The number of aromatic nitrogens is 1. The van der Waals surface area contributed by atoms with Crippen LogP contribution in [0.5, 0.6) is 5.75 Å². The van der Waals surface area contributed by atoms with Crippen molar-refractivity contribution in [3.63, 3.8) is 0 Å². The molecule has 0 spiro atoms. The molecule has 0 bridgehead atoms. The first-order valence-corrected chi connectivity index (χ1v) is 7.97. The zero-order valence-corrected chi connectivity index (χ0v) is 12.7. The van der Waals surface area contributed by atoms with E-state index in [0.717, 1.165) is 36.3 Å². The van der Waals surface area contributed by atoms with Crippen molar-refractivity contribution in [2.24, 2.45) is 0 Å². The van der Waals surface area contributed by atoms with Gasteiger partial charge in [-0.3, -0.25) is 9.59 Å². The van der Waals surface area contributed by atoms with Crippen LogP contribution in [-0.4, -0.2) is 17.0 Å². The molecule has 1 atom stereocenters. The molecule has 5 nitrogen and oxygen atoms in total. The summed E-state index contributed by atoms with van der Waals surface area (Å²) < 4.78 is 5.66. The molecule has 23 heavy (non-hydrogen) atoms. The molecule has 2 N–H and O–H groups in total. The number of aromatic amines is 1. The predicted molar refractivity (Wildman–Crippen MR) is 85.5 cm³/mol. The Labute approximate surface area is 133 Å². The highest BCUT2D eigenvalue weighted by molar-refractivity contribution is 5.82. The molecule has 4 rings (SSSR count). The standard InChI is InChI=1S/C18H18N2O3/c21-17-13(8-11-5-3-6-14(11)20-17)10-19-18(22)16-9-12-4-1-2-7-15(12)23-16/h1-2,4,7-8,16H,3,5-6,9-10H2,(H,19,22)(H,20,21). The summed E-state index contributed by atoms with van der Waals surface area (Å²) >= 11 is 0.